The predicted molar refractivity (Wildman–Crippen MR) is 110 cm³/mol. The number of carbonyl (C=O) groups is 1. The fourth-order valence-corrected chi connectivity index (χ4v) is 5.70. The first-order valence-electron chi connectivity index (χ1n) is 8.76. The molecule has 0 bridgehead atoms. The van der Waals surface area contributed by atoms with Gasteiger partial charge in [0.25, 0.3) is 0 Å². The lowest BCUT2D eigenvalue weighted by molar-refractivity contribution is -0.388. The molecule has 1 aromatic heterocycles. The molecule has 10 heteroatoms. The third-order valence-electron chi connectivity index (χ3n) is 4.38. The van der Waals surface area contributed by atoms with Crippen molar-refractivity contribution in [1.29, 1.82) is 0 Å². The smallest absolute Gasteiger partial charge is 0.328 e. The molecule has 2 aromatic rings. The largest absolute Gasteiger partial charge is 0.478 e. The molecule has 1 saturated heterocycles. The quantitative estimate of drug-likeness (QED) is 0.300. The van der Waals surface area contributed by atoms with Crippen LogP contribution in [0.1, 0.15) is 12.0 Å². The van der Waals surface area contributed by atoms with Crippen molar-refractivity contribution in [2.45, 2.75) is 23.2 Å². The van der Waals surface area contributed by atoms with E-state index in [1.54, 1.807) is 18.2 Å². The number of pyridine rings is 1. The third kappa shape index (κ3) is 5.78. The molecule has 0 amide bonds. The first kappa shape index (κ1) is 21.3. The zero-order valence-corrected chi connectivity index (χ0v) is 16.9. The second kappa shape index (κ2) is 9.86. The molecular formula is C19H18FN3O4S2. The van der Waals surface area contributed by atoms with E-state index in [0.717, 1.165) is 0 Å². The van der Waals surface area contributed by atoms with Crippen molar-refractivity contribution in [3.8, 4) is 0 Å². The molecule has 29 heavy (non-hydrogen) atoms. The maximum absolute atomic E-state index is 13.9. The first-order valence-corrected chi connectivity index (χ1v) is 11.0. The number of piperidine rings is 1. The van der Waals surface area contributed by atoms with E-state index in [0.29, 0.717) is 37.2 Å². The van der Waals surface area contributed by atoms with Crippen molar-refractivity contribution in [3.05, 3.63) is 75.7 Å². The number of aliphatic carboxylic acids is 1. The molecule has 1 unspecified atom stereocenters. The lowest BCUT2D eigenvalue weighted by Crippen LogP contribution is -2.36. The van der Waals surface area contributed by atoms with Crippen LogP contribution < -0.4 is 0 Å². The van der Waals surface area contributed by atoms with Gasteiger partial charge in [-0.15, -0.1) is 0 Å². The highest BCUT2D eigenvalue weighted by Gasteiger charge is 2.27. The van der Waals surface area contributed by atoms with Crippen LogP contribution in [-0.2, 0) is 11.3 Å². The predicted octanol–water partition coefficient (Wildman–Crippen LogP) is 4.15. The van der Waals surface area contributed by atoms with Gasteiger partial charge in [0.05, 0.1) is 4.92 Å². The van der Waals surface area contributed by atoms with Gasteiger partial charge in [-0.05, 0) is 34.9 Å². The lowest BCUT2D eigenvalue weighted by atomic mass is 10.0. The van der Waals surface area contributed by atoms with Crippen LogP contribution in [0.4, 0.5) is 10.1 Å². The number of carboxylic acid groups (broad SMARTS) is 1. The van der Waals surface area contributed by atoms with E-state index in [1.807, 2.05) is 4.90 Å². The van der Waals surface area contributed by atoms with Crippen molar-refractivity contribution in [2.24, 2.45) is 0 Å². The van der Waals surface area contributed by atoms with Gasteiger partial charge in [-0.1, -0.05) is 29.0 Å². The Morgan fingerprint density at radius 3 is 2.90 bits per heavy atom. The number of aromatic nitrogens is 1. The summed E-state index contributed by atoms with van der Waals surface area (Å²) in [5, 5.41) is 20.5. The maximum atomic E-state index is 13.9. The summed E-state index contributed by atoms with van der Waals surface area (Å²) < 4.78 is 13.9. The number of nitrogens with zero attached hydrogens (tertiary/aromatic N) is 3. The second-order valence-electron chi connectivity index (χ2n) is 6.40. The minimum Gasteiger partial charge on any atom is -0.478 e. The van der Waals surface area contributed by atoms with Crippen molar-refractivity contribution in [2.75, 3.05) is 13.1 Å². The monoisotopic (exact) mass is 435 g/mol. The van der Waals surface area contributed by atoms with Crippen LogP contribution in [0.5, 0.6) is 0 Å². The normalized spacial score (nSPS) is 18.7. The Morgan fingerprint density at radius 1 is 1.38 bits per heavy atom. The molecule has 1 fully saturated rings. The van der Waals surface area contributed by atoms with Gasteiger partial charge in [-0.3, -0.25) is 15.0 Å². The Labute approximate surface area is 174 Å². The molecule has 152 valence electrons. The number of carboxylic acids is 1. The fourth-order valence-electron chi connectivity index (χ4n) is 3.02. The number of hydrogen-bond donors (Lipinski definition) is 1. The summed E-state index contributed by atoms with van der Waals surface area (Å²) in [4.78, 5) is 28.0. The van der Waals surface area contributed by atoms with Gasteiger partial charge in [0.15, 0.2) is 5.03 Å². The van der Waals surface area contributed by atoms with Crippen LogP contribution >= 0.6 is 21.6 Å². The molecule has 1 aliphatic rings. The molecule has 0 saturated carbocycles. The molecule has 1 atom stereocenters. The first-order chi connectivity index (χ1) is 13.9. The van der Waals surface area contributed by atoms with Crippen LogP contribution in [0.25, 0.3) is 0 Å². The Bertz CT molecular complexity index is 941. The third-order valence-corrected chi connectivity index (χ3v) is 7.18. The van der Waals surface area contributed by atoms with E-state index < -0.39 is 10.9 Å². The molecule has 0 aliphatic carbocycles. The van der Waals surface area contributed by atoms with E-state index in [-0.39, 0.29) is 21.8 Å². The van der Waals surface area contributed by atoms with E-state index in [4.69, 9.17) is 0 Å². The SMILES string of the molecule is O=C(O)/C=C1/CN(Cc2ccccc2F)CCC1SSc1ncccc1[N+](=O)[O-]. The Morgan fingerprint density at radius 2 is 2.17 bits per heavy atom. The number of halogens is 1. The van der Waals surface area contributed by atoms with Gasteiger partial charge in [0.2, 0.25) is 0 Å². The van der Waals surface area contributed by atoms with Crippen LogP contribution in [0.3, 0.4) is 0 Å². The number of rotatable bonds is 7. The van der Waals surface area contributed by atoms with Crippen LogP contribution in [0.2, 0.25) is 0 Å². The highest BCUT2D eigenvalue weighted by molar-refractivity contribution is 8.77. The molecule has 3 rings (SSSR count). The molecule has 0 radical (unpaired) electrons. The Kier molecular flexibility index (Phi) is 7.24. The van der Waals surface area contributed by atoms with Crippen molar-refractivity contribution in [3.63, 3.8) is 0 Å². The summed E-state index contributed by atoms with van der Waals surface area (Å²) in [7, 11) is 2.53. The van der Waals surface area contributed by atoms with Gasteiger partial charge < -0.3 is 5.11 Å². The number of hydrogen-bond acceptors (Lipinski definition) is 7. The Balaban J connectivity index is 1.69. The Hall–Kier alpha value is -2.43. The van der Waals surface area contributed by atoms with Crippen molar-refractivity contribution in [1.82, 2.24) is 9.88 Å². The second-order valence-corrected chi connectivity index (χ2v) is 8.79. The van der Waals surface area contributed by atoms with Crippen LogP contribution in [-0.4, -0.2) is 44.2 Å². The highest BCUT2D eigenvalue weighted by atomic mass is 33.1. The summed E-state index contributed by atoms with van der Waals surface area (Å²) >= 11 is 0. The van der Waals surface area contributed by atoms with E-state index in [2.05, 4.69) is 4.98 Å². The number of likely N-dealkylation sites (tertiary alicyclic amines) is 1. The van der Waals surface area contributed by atoms with Crippen molar-refractivity contribution >= 4 is 33.2 Å². The molecule has 7 nitrogen and oxygen atoms in total. The highest BCUT2D eigenvalue weighted by Crippen LogP contribution is 2.42. The summed E-state index contributed by atoms with van der Waals surface area (Å²) in [6.45, 7) is 1.44. The molecule has 0 spiro atoms. The van der Waals surface area contributed by atoms with E-state index in [9.17, 15) is 24.4 Å². The maximum Gasteiger partial charge on any atom is 0.328 e. The van der Waals surface area contributed by atoms with Gasteiger partial charge in [0.1, 0.15) is 5.82 Å². The van der Waals surface area contributed by atoms with Crippen molar-refractivity contribution < 1.29 is 19.2 Å². The van der Waals surface area contributed by atoms with E-state index in [1.165, 1.54) is 52.1 Å². The summed E-state index contributed by atoms with van der Waals surface area (Å²) in [6, 6.07) is 9.41. The van der Waals surface area contributed by atoms with Crippen LogP contribution in [0, 0.1) is 15.9 Å². The molecule has 1 N–H and O–H groups in total. The average Bonchev–Trinajstić information content (AvgIpc) is 2.69. The van der Waals surface area contributed by atoms with Gasteiger partial charge in [-0.25, -0.2) is 14.2 Å². The number of nitro groups is 1. The fraction of sp³-hybridized carbons (Fsp3) is 0.263. The molecule has 1 aliphatic heterocycles. The topological polar surface area (TPSA) is 96.6 Å². The van der Waals surface area contributed by atoms with E-state index >= 15 is 0 Å². The average molecular weight is 436 g/mol. The summed E-state index contributed by atoms with van der Waals surface area (Å²) in [6.07, 6.45) is 3.31. The molecule has 1 aromatic carbocycles. The molecular weight excluding hydrogens is 417 g/mol. The number of benzene rings is 1. The van der Waals surface area contributed by atoms with Gasteiger partial charge >= 0.3 is 11.7 Å². The minimum atomic E-state index is -1.05. The minimum absolute atomic E-state index is 0.0780. The van der Waals surface area contributed by atoms with Gasteiger partial charge in [-0.2, -0.15) is 0 Å². The molecule has 2 heterocycles. The van der Waals surface area contributed by atoms with Gasteiger partial charge in [0, 0.05) is 48.8 Å². The lowest BCUT2D eigenvalue weighted by Gasteiger charge is -2.33. The van der Waals surface area contributed by atoms with Crippen LogP contribution in [0.15, 0.2) is 59.3 Å². The summed E-state index contributed by atoms with van der Waals surface area (Å²) in [5.41, 5.74) is 1.17. The summed E-state index contributed by atoms with van der Waals surface area (Å²) in [5.74, 6) is -1.34. The standard InChI is InChI=1S/C19H18FN3O4S2/c20-15-5-2-1-4-13(15)11-22-9-7-17(14(12-22)10-18(24)25)28-29-19-16(23(26)27)6-3-8-21-19/h1-6,8,10,17H,7,9,11-12H2,(H,24,25)/b14-10-. The zero-order valence-electron chi connectivity index (χ0n) is 15.2. The zero-order chi connectivity index (χ0) is 20.8.